The van der Waals surface area contributed by atoms with Gasteiger partial charge in [0.05, 0.1) is 6.61 Å². The molecule has 0 unspecified atom stereocenters. The van der Waals surface area contributed by atoms with Gasteiger partial charge in [0.25, 0.3) is 0 Å². The molecule has 190 valence electrons. The molecule has 1 aliphatic rings. The molecule has 5 atom stereocenters. The van der Waals surface area contributed by atoms with Gasteiger partial charge in [-0.1, -0.05) is 96.8 Å². The molecule has 4 N–H and O–H groups in total. The van der Waals surface area contributed by atoms with Gasteiger partial charge in [0.15, 0.2) is 12.1 Å². The Morgan fingerprint density at radius 3 is 1.66 bits per heavy atom. The zero-order valence-electron chi connectivity index (χ0n) is 20.1. The second-order valence-corrected chi connectivity index (χ2v) is 9.25. The first kappa shape index (κ1) is 29.5. The maximum absolute atomic E-state index is 12.0. The number of unbranched alkanes of at least 4 members (excludes halogenated alkanes) is 14. The highest BCUT2D eigenvalue weighted by Crippen LogP contribution is 2.22. The van der Waals surface area contributed by atoms with Crippen LogP contribution in [0.5, 0.6) is 0 Å². The molecule has 0 aromatic carbocycles. The molecule has 1 aliphatic heterocycles. The Balaban J connectivity index is 1.92. The molecule has 0 amide bonds. The van der Waals surface area contributed by atoms with Gasteiger partial charge in [-0.25, -0.2) is 0 Å². The summed E-state index contributed by atoms with van der Waals surface area (Å²) in [6.07, 6.45) is 12.9. The van der Waals surface area contributed by atoms with Crippen LogP contribution in [0.25, 0.3) is 0 Å². The van der Waals surface area contributed by atoms with E-state index in [4.69, 9.17) is 14.6 Å². The molecule has 7 nitrogen and oxygen atoms in total. The van der Waals surface area contributed by atoms with Gasteiger partial charge in [0, 0.05) is 6.42 Å². The molecule has 32 heavy (non-hydrogen) atoms. The number of ether oxygens (including phenoxy) is 2. The van der Waals surface area contributed by atoms with E-state index in [0.717, 1.165) is 19.3 Å². The largest absolute Gasteiger partial charge is 0.394 e. The van der Waals surface area contributed by atoms with Crippen molar-refractivity contribution in [2.24, 2.45) is 0 Å². The molecule has 0 spiro atoms. The second-order valence-electron chi connectivity index (χ2n) is 9.25. The number of hydrogen-bond acceptors (Lipinski definition) is 7. The number of carbonyl (C=O) groups is 1. The molecule has 0 bridgehead atoms. The van der Waals surface area contributed by atoms with Crippen LogP contribution in [0, 0.1) is 0 Å². The maximum Gasteiger partial charge on any atom is 0.187 e. The van der Waals surface area contributed by atoms with E-state index in [-0.39, 0.29) is 12.4 Å². The fraction of sp³-hybridized carbons (Fsp3) is 0.960. The second kappa shape index (κ2) is 18.8. The van der Waals surface area contributed by atoms with Crippen LogP contribution in [0.1, 0.15) is 110 Å². The van der Waals surface area contributed by atoms with Crippen molar-refractivity contribution in [2.75, 3.05) is 13.2 Å². The lowest BCUT2D eigenvalue weighted by atomic mass is 9.99. The van der Waals surface area contributed by atoms with Gasteiger partial charge >= 0.3 is 0 Å². The van der Waals surface area contributed by atoms with E-state index in [1.54, 1.807) is 0 Å². The molecule has 0 aromatic rings. The van der Waals surface area contributed by atoms with Crippen molar-refractivity contribution in [3.63, 3.8) is 0 Å². The van der Waals surface area contributed by atoms with E-state index >= 15 is 0 Å². The van der Waals surface area contributed by atoms with E-state index in [9.17, 15) is 20.1 Å². The first-order valence-electron chi connectivity index (χ1n) is 12.9. The number of carbonyl (C=O) groups excluding carboxylic acids is 1. The quantitative estimate of drug-likeness (QED) is 0.205. The molecule has 7 heteroatoms. The highest BCUT2D eigenvalue weighted by Gasteiger charge is 2.44. The summed E-state index contributed by atoms with van der Waals surface area (Å²) in [5, 5.41) is 38.5. The van der Waals surface area contributed by atoms with Crippen molar-refractivity contribution in [3.8, 4) is 0 Å². The summed E-state index contributed by atoms with van der Waals surface area (Å²) < 4.78 is 10.5. The molecular weight excluding hydrogens is 412 g/mol. The maximum atomic E-state index is 12.0. The zero-order chi connectivity index (χ0) is 23.6. The fourth-order valence-corrected chi connectivity index (χ4v) is 4.15. The minimum absolute atomic E-state index is 0.0864. The molecule has 0 aromatic heterocycles. The first-order valence-corrected chi connectivity index (χ1v) is 12.9. The number of hydrogen-bond donors (Lipinski definition) is 4. The summed E-state index contributed by atoms with van der Waals surface area (Å²) in [7, 11) is 0. The minimum atomic E-state index is -1.49. The summed E-state index contributed by atoms with van der Waals surface area (Å²) in [4.78, 5) is 12.0. The number of aliphatic hydroxyl groups excluding tert-OH is 4. The van der Waals surface area contributed by atoms with Crippen molar-refractivity contribution in [1.29, 1.82) is 0 Å². The van der Waals surface area contributed by atoms with Crippen LogP contribution in [-0.2, 0) is 14.3 Å². The van der Waals surface area contributed by atoms with Gasteiger partial charge in [-0.15, -0.1) is 0 Å². The molecule has 1 heterocycles. The van der Waals surface area contributed by atoms with Crippen molar-refractivity contribution >= 4 is 5.78 Å². The molecule has 0 radical (unpaired) electrons. The van der Waals surface area contributed by atoms with Crippen molar-refractivity contribution < 1.29 is 34.7 Å². The van der Waals surface area contributed by atoms with Gasteiger partial charge < -0.3 is 29.9 Å². The van der Waals surface area contributed by atoms with E-state index in [1.165, 1.54) is 77.0 Å². The van der Waals surface area contributed by atoms with E-state index in [0.29, 0.717) is 6.42 Å². The summed E-state index contributed by atoms with van der Waals surface area (Å²) in [5.74, 6) is -0.0864. The monoisotopic (exact) mass is 460 g/mol. The van der Waals surface area contributed by atoms with Crippen LogP contribution < -0.4 is 0 Å². The standard InChI is InChI=1S/C25H48O7/c1-2-3-4-5-6-7-8-9-10-11-12-13-14-15-16-17-20(27)19-31-25-24(30)23(29)22(28)21(18-26)32-25/h21-26,28-30H,2-19H2,1H3/t21-,22-,23+,24-,25+/m1/s1. The Labute approximate surface area is 194 Å². The van der Waals surface area contributed by atoms with E-state index in [1.807, 2.05) is 0 Å². The Morgan fingerprint density at radius 1 is 0.719 bits per heavy atom. The highest BCUT2D eigenvalue weighted by molar-refractivity contribution is 5.79. The highest BCUT2D eigenvalue weighted by atomic mass is 16.7. The predicted octanol–water partition coefficient (Wildman–Crippen LogP) is 3.63. The van der Waals surface area contributed by atoms with E-state index in [2.05, 4.69) is 6.92 Å². The lowest BCUT2D eigenvalue weighted by Gasteiger charge is -2.39. The van der Waals surface area contributed by atoms with E-state index < -0.39 is 37.3 Å². The Morgan fingerprint density at radius 2 is 1.19 bits per heavy atom. The lowest BCUT2D eigenvalue weighted by molar-refractivity contribution is -0.299. The molecular formula is C25H48O7. The smallest absolute Gasteiger partial charge is 0.187 e. The van der Waals surface area contributed by atoms with Crippen molar-refractivity contribution in [2.45, 2.75) is 140 Å². The number of Topliss-reactive ketones (excluding diaryl/α,β-unsaturated/α-hetero) is 1. The molecule has 1 saturated heterocycles. The van der Waals surface area contributed by atoms with Crippen LogP contribution in [0.2, 0.25) is 0 Å². The number of rotatable bonds is 20. The van der Waals surface area contributed by atoms with Gasteiger partial charge in [-0.3, -0.25) is 4.79 Å². The Bertz CT molecular complexity index is 458. The van der Waals surface area contributed by atoms with Crippen LogP contribution in [-0.4, -0.2) is 70.1 Å². The Kier molecular flexibility index (Phi) is 17.3. The fourth-order valence-electron chi connectivity index (χ4n) is 4.15. The minimum Gasteiger partial charge on any atom is -0.394 e. The third kappa shape index (κ3) is 12.6. The van der Waals surface area contributed by atoms with Crippen molar-refractivity contribution in [1.82, 2.24) is 0 Å². The molecule has 1 rings (SSSR count). The summed E-state index contributed by atoms with van der Waals surface area (Å²) in [5.41, 5.74) is 0. The third-order valence-electron chi connectivity index (χ3n) is 6.32. The molecule has 1 fully saturated rings. The number of ketones is 1. The van der Waals surface area contributed by atoms with Crippen LogP contribution in [0.4, 0.5) is 0 Å². The van der Waals surface area contributed by atoms with Gasteiger partial charge in [0.2, 0.25) is 0 Å². The molecule has 0 aliphatic carbocycles. The van der Waals surface area contributed by atoms with Crippen LogP contribution >= 0.6 is 0 Å². The Hall–Kier alpha value is -0.570. The average Bonchev–Trinajstić information content (AvgIpc) is 2.79. The van der Waals surface area contributed by atoms with Crippen LogP contribution in [0.15, 0.2) is 0 Å². The SMILES string of the molecule is CCCCCCCCCCCCCCCCCC(=O)CO[C@H]1O[C@H](CO)[C@@H](O)[C@H](O)[C@H]1O. The average molecular weight is 461 g/mol. The van der Waals surface area contributed by atoms with Crippen molar-refractivity contribution in [3.05, 3.63) is 0 Å². The number of aliphatic hydroxyl groups is 4. The zero-order valence-corrected chi connectivity index (χ0v) is 20.1. The van der Waals surface area contributed by atoms with Crippen LogP contribution in [0.3, 0.4) is 0 Å². The topological polar surface area (TPSA) is 116 Å². The predicted molar refractivity (Wildman–Crippen MR) is 124 cm³/mol. The summed E-state index contributed by atoms with van der Waals surface area (Å²) in [6, 6.07) is 0. The lowest BCUT2D eigenvalue weighted by Crippen LogP contribution is -2.59. The normalized spacial score (nSPS) is 25.8. The first-order chi connectivity index (χ1) is 15.5. The van der Waals surface area contributed by atoms with Gasteiger partial charge in [0.1, 0.15) is 31.0 Å². The summed E-state index contributed by atoms with van der Waals surface area (Å²) in [6.45, 7) is 1.52. The van der Waals surface area contributed by atoms with Gasteiger partial charge in [-0.05, 0) is 6.42 Å². The molecule has 0 saturated carbocycles. The van der Waals surface area contributed by atoms with Gasteiger partial charge in [-0.2, -0.15) is 0 Å². The third-order valence-corrected chi connectivity index (χ3v) is 6.32. The summed E-state index contributed by atoms with van der Waals surface area (Å²) >= 11 is 0.